The highest BCUT2D eigenvalue weighted by Gasteiger charge is 2.18. The molecule has 1 aromatic rings. The molecule has 0 saturated carbocycles. The predicted octanol–water partition coefficient (Wildman–Crippen LogP) is 3.22. The molecule has 1 aliphatic heterocycles. The van der Waals surface area contributed by atoms with Gasteiger partial charge in [0, 0.05) is 32.3 Å². The Morgan fingerprint density at radius 1 is 1.47 bits per heavy atom. The smallest absolute Gasteiger partial charge is 0.253 e. The van der Waals surface area contributed by atoms with Gasteiger partial charge in [-0.1, -0.05) is 32.0 Å². The van der Waals surface area contributed by atoms with Crippen molar-refractivity contribution in [3.63, 3.8) is 0 Å². The van der Waals surface area contributed by atoms with Gasteiger partial charge < -0.3 is 9.64 Å². The van der Waals surface area contributed by atoms with Crippen molar-refractivity contribution in [2.75, 3.05) is 26.6 Å². The summed E-state index contributed by atoms with van der Waals surface area (Å²) in [7, 11) is 0. The lowest BCUT2D eigenvalue weighted by atomic mass is 10.1. The Kier molecular flexibility index (Phi) is 1.71. The van der Waals surface area contributed by atoms with E-state index in [2.05, 4.69) is 8.75 Å². The van der Waals surface area contributed by atoms with Crippen LogP contribution in [0.5, 0.6) is 5.88 Å². The maximum absolute atomic E-state index is 8.07. The lowest BCUT2D eigenvalue weighted by Crippen LogP contribution is -2.25. The third-order valence-corrected chi connectivity index (χ3v) is 2.81. The van der Waals surface area contributed by atoms with Crippen LogP contribution in [-0.4, -0.2) is 40.3 Å². The molecule has 0 bridgehead atoms. The van der Waals surface area contributed by atoms with Gasteiger partial charge in [0.15, 0.2) is 0 Å². The van der Waals surface area contributed by atoms with Gasteiger partial charge in [0.1, 0.15) is 5.69 Å². The third-order valence-electron chi connectivity index (χ3n) is 2.30. The Morgan fingerprint density at radius 2 is 2.47 bits per heavy atom. The zero-order valence-corrected chi connectivity index (χ0v) is 10.7. The van der Waals surface area contributed by atoms with E-state index in [0.717, 1.165) is 4.90 Å². The molecule has 19 heavy (non-hydrogen) atoms. The fourth-order valence-corrected chi connectivity index (χ4v) is 2.04. The van der Waals surface area contributed by atoms with Crippen LogP contribution in [0.3, 0.4) is 0 Å². The monoisotopic (exact) mass is 297 g/mol. The maximum atomic E-state index is 8.07. The van der Waals surface area contributed by atoms with Crippen molar-refractivity contribution >= 4 is 17.3 Å². The van der Waals surface area contributed by atoms with Crippen LogP contribution in [0, 0.1) is 0 Å². The van der Waals surface area contributed by atoms with Crippen LogP contribution in [-0.2, 0) is 0 Å². The Morgan fingerprint density at radius 3 is 3.37 bits per heavy atom. The normalized spacial score (nSPS) is 34.0. The minimum atomic E-state index is -4.08. The van der Waals surface area contributed by atoms with Crippen molar-refractivity contribution in [3.8, 4) is 5.88 Å². The summed E-state index contributed by atoms with van der Waals surface area (Å²) in [5, 5.41) is 0. The molecular weight excluding hydrogens is 258 g/mol. The Labute approximate surface area is 142 Å². The van der Waals surface area contributed by atoms with Gasteiger partial charge in [-0.25, -0.2) is 0 Å². The van der Waals surface area contributed by atoms with Gasteiger partial charge in [-0.2, -0.15) is 4.37 Å². The number of aromatic nitrogens is 2. The second-order valence-electron chi connectivity index (χ2n) is 3.56. The maximum Gasteiger partial charge on any atom is 0.253 e. The van der Waals surface area contributed by atoms with Gasteiger partial charge in [0.2, 0.25) is 0 Å². The Balaban J connectivity index is 2.43. The lowest BCUT2D eigenvalue weighted by molar-refractivity contribution is 0.294. The summed E-state index contributed by atoms with van der Waals surface area (Å²) < 4.78 is 136. The summed E-state index contributed by atoms with van der Waals surface area (Å²) in [6.07, 6.45) is -14.1. The van der Waals surface area contributed by atoms with Crippen molar-refractivity contribution in [2.45, 2.75) is 38.8 Å². The molecule has 1 aromatic heterocycles. The van der Waals surface area contributed by atoms with E-state index in [1.54, 1.807) is 6.08 Å². The molecule has 0 fully saturated rings. The van der Waals surface area contributed by atoms with Gasteiger partial charge in [-0.05, 0) is 25.3 Å². The van der Waals surface area contributed by atoms with E-state index in [1.165, 1.54) is 0 Å². The van der Waals surface area contributed by atoms with Crippen LogP contribution in [0.1, 0.15) is 66.4 Å². The van der Waals surface area contributed by atoms with Crippen LogP contribution in [0.15, 0.2) is 6.08 Å². The standard InChI is InChI=1S/C14H23N3OS/c1-3-4-5-6-10-18-14-13(15-19-16-14)12-8-7-9-17(2)11-12/h8H,3-7,9-11H2,1-2H3/i1D3,2D3,3D2,4D2,5D2,6D2,10D2. The molecule has 106 valence electrons. The third kappa shape index (κ3) is 4.28. The molecule has 0 N–H and O–H groups in total. The second kappa shape index (κ2) is 7.60. The Hall–Kier alpha value is -0.940. The average molecular weight is 298 g/mol. The molecule has 0 aliphatic carbocycles. The van der Waals surface area contributed by atoms with Crippen LogP contribution >= 0.6 is 11.7 Å². The van der Waals surface area contributed by atoms with E-state index in [0.29, 0.717) is 18.1 Å². The quantitative estimate of drug-likeness (QED) is 0.774. The van der Waals surface area contributed by atoms with E-state index in [-0.39, 0.29) is 24.4 Å². The summed E-state index contributed by atoms with van der Waals surface area (Å²) >= 11 is 0.524. The van der Waals surface area contributed by atoms with Crippen LogP contribution in [0.2, 0.25) is 0 Å². The fraction of sp³-hybridized carbons (Fsp3) is 0.714. The Bertz CT molecular complexity index is 950. The van der Waals surface area contributed by atoms with Crippen molar-refractivity contribution in [1.82, 2.24) is 13.6 Å². The molecule has 0 radical (unpaired) electrons. The molecule has 0 saturated heterocycles. The molecule has 1 aliphatic rings. The van der Waals surface area contributed by atoms with Crippen molar-refractivity contribution in [1.29, 1.82) is 0 Å². The SMILES string of the molecule is [2H]C([2H])([2H])N1CCC=C(c2nsnc2OC([2H])([2H])C([2H])([2H])C([2H])([2H])C([2H])([2H])C([2H])([2H])C([2H])([2H])[2H])C1. The zero-order valence-electron chi connectivity index (χ0n) is 25.9. The molecule has 4 nitrogen and oxygen atoms in total. The highest BCUT2D eigenvalue weighted by molar-refractivity contribution is 6.99. The average Bonchev–Trinajstić information content (AvgIpc) is 3.13. The molecule has 0 amide bonds. The number of hydrogen-bond donors (Lipinski definition) is 0. The van der Waals surface area contributed by atoms with Gasteiger partial charge in [-0.3, -0.25) is 0 Å². The molecular formula is C14H23N3OS. The highest BCUT2D eigenvalue weighted by atomic mass is 32.1. The van der Waals surface area contributed by atoms with Gasteiger partial charge in [0.05, 0.1) is 21.0 Å². The first-order valence-electron chi connectivity index (χ1n) is 13.4. The summed E-state index contributed by atoms with van der Waals surface area (Å²) in [6.45, 7) is -9.78. The van der Waals surface area contributed by atoms with Gasteiger partial charge in [0.25, 0.3) is 5.88 Å². The number of hydrogen-bond acceptors (Lipinski definition) is 5. The molecule has 0 spiro atoms. The summed E-state index contributed by atoms with van der Waals surface area (Å²) in [4.78, 5) is 1.14. The summed E-state index contributed by atoms with van der Waals surface area (Å²) in [5.74, 6) is -0.613. The molecule has 5 heteroatoms. The predicted molar refractivity (Wildman–Crippen MR) is 79.6 cm³/mol. The largest absolute Gasteiger partial charge is 0.475 e. The van der Waals surface area contributed by atoms with Crippen molar-refractivity contribution in [3.05, 3.63) is 11.8 Å². The van der Waals surface area contributed by atoms with E-state index < -0.39 is 51.8 Å². The molecule has 0 atom stereocenters. The first-order chi connectivity index (χ1) is 15.4. The number of ether oxygens (including phenoxy) is 1. The number of rotatable bonds is 7. The van der Waals surface area contributed by atoms with E-state index >= 15 is 0 Å². The highest BCUT2D eigenvalue weighted by Crippen LogP contribution is 2.27. The van der Waals surface area contributed by atoms with Crippen molar-refractivity contribution < 1.29 is 26.7 Å². The summed E-state index contributed by atoms with van der Waals surface area (Å²) in [5.41, 5.74) is 0.162. The van der Waals surface area contributed by atoms with Gasteiger partial charge in [-0.15, -0.1) is 4.37 Å². The second-order valence-corrected chi connectivity index (χ2v) is 4.09. The van der Waals surface area contributed by atoms with Gasteiger partial charge >= 0.3 is 0 Å². The van der Waals surface area contributed by atoms with E-state index in [1.807, 2.05) is 0 Å². The lowest BCUT2D eigenvalue weighted by Gasteiger charge is -2.22. The zero-order chi connectivity index (χ0) is 27.5. The minimum absolute atomic E-state index is 0.120. The number of nitrogens with zero attached hydrogens (tertiary/aromatic N) is 3. The van der Waals surface area contributed by atoms with Crippen LogP contribution in [0.25, 0.3) is 5.57 Å². The van der Waals surface area contributed by atoms with E-state index in [4.69, 9.17) is 26.7 Å². The molecule has 0 unspecified atom stereocenters. The molecule has 2 heterocycles. The summed E-state index contributed by atoms with van der Waals surface area (Å²) in [6, 6.07) is 0. The van der Waals surface area contributed by atoms with E-state index in [9.17, 15) is 0 Å². The molecule has 0 aromatic carbocycles. The fourth-order valence-electron chi connectivity index (χ4n) is 1.52. The minimum Gasteiger partial charge on any atom is -0.475 e. The van der Waals surface area contributed by atoms with Crippen LogP contribution in [0.4, 0.5) is 0 Å². The van der Waals surface area contributed by atoms with Crippen molar-refractivity contribution in [2.24, 2.45) is 0 Å². The first kappa shape index (κ1) is 4.28. The topological polar surface area (TPSA) is 38.2 Å². The number of likely N-dealkylation sites (N-methyl/N-ethyl adjacent to an activating group) is 1. The first-order valence-corrected chi connectivity index (χ1v) is 6.11. The van der Waals surface area contributed by atoms with Crippen LogP contribution < -0.4 is 4.74 Å². The molecule has 2 rings (SSSR count).